The molecule has 0 atom stereocenters. The van der Waals surface area contributed by atoms with Crippen molar-refractivity contribution in [1.29, 1.82) is 0 Å². The Kier molecular flexibility index (Phi) is 5.21. The third-order valence-electron chi connectivity index (χ3n) is 3.97. The summed E-state index contributed by atoms with van der Waals surface area (Å²) in [4.78, 5) is 12.5. The van der Waals surface area contributed by atoms with E-state index in [1.807, 2.05) is 0 Å². The van der Waals surface area contributed by atoms with E-state index in [4.69, 9.17) is 0 Å². The van der Waals surface area contributed by atoms with Gasteiger partial charge in [-0.1, -0.05) is 6.07 Å². The van der Waals surface area contributed by atoms with Gasteiger partial charge in [0, 0.05) is 23.2 Å². The van der Waals surface area contributed by atoms with E-state index in [-0.39, 0.29) is 10.5 Å². The van der Waals surface area contributed by atoms with Crippen LogP contribution >= 0.6 is 15.9 Å². The van der Waals surface area contributed by atoms with Gasteiger partial charge in [-0.15, -0.1) is 0 Å². The Morgan fingerprint density at radius 1 is 1.12 bits per heavy atom. The van der Waals surface area contributed by atoms with Crippen LogP contribution in [0.15, 0.2) is 51.8 Å². The van der Waals surface area contributed by atoms with E-state index in [1.54, 1.807) is 6.07 Å². The lowest BCUT2D eigenvalue weighted by atomic mass is 10.2. The second-order valence-electron chi connectivity index (χ2n) is 5.72. The van der Waals surface area contributed by atoms with Gasteiger partial charge in [-0.05, 0) is 65.2 Å². The molecule has 1 saturated heterocycles. The number of anilines is 1. The molecule has 2 aromatic carbocycles. The lowest BCUT2D eigenvalue weighted by Crippen LogP contribution is -2.28. The van der Waals surface area contributed by atoms with E-state index in [2.05, 4.69) is 21.2 Å². The van der Waals surface area contributed by atoms with Gasteiger partial charge < -0.3 is 5.32 Å². The number of carbonyl (C=O) groups is 1. The van der Waals surface area contributed by atoms with Crippen LogP contribution in [0.2, 0.25) is 0 Å². The standard InChI is InChI=1S/C17H16BrFN2O3S/c18-16-7-6-14(25(23,24)21-8-1-2-9-21)11-15(16)17(22)20-13-5-3-4-12(19)10-13/h3-7,10-11H,1-2,8-9H2,(H,20,22). The minimum absolute atomic E-state index is 0.0713. The predicted octanol–water partition coefficient (Wildman–Crippen LogP) is 3.63. The molecule has 0 radical (unpaired) electrons. The maximum Gasteiger partial charge on any atom is 0.256 e. The molecule has 1 aliphatic rings. The normalized spacial score (nSPS) is 15.3. The van der Waals surface area contributed by atoms with Crippen LogP contribution in [0, 0.1) is 5.82 Å². The largest absolute Gasteiger partial charge is 0.322 e. The highest BCUT2D eigenvalue weighted by molar-refractivity contribution is 9.10. The van der Waals surface area contributed by atoms with Gasteiger partial charge in [0.15, 0.2) is 0 Å². The van der Waals surface area contributed by atoms with E-state index in [0.29, 0.717) is 23.2 Å². The lowest BCUT2D eigenvalue weighted by Gasteiger charge is -2.16. The Balaban J connectivity index is 1.90. The van der Waals surface area contributed by atoms with Crippen LogP contribution in [0.3, 0.4) is 0 Å². The molecule has 0 saturated carbocycles. The topological polar surface area (TPSA) is 66.5 Å². The summed E-state index contributed by atoms with van der Waals surface area (Å²) < 4.78 is 40.4. The van der Waals surface area contributed by atoms with Crippen molar-refractivity contribution in [2.45, 2.75) is 17.7 Å². The highest BCUT2D eigenvalue weighted by atomic mass is 79.9. The van der Waals surface area contributed by atoms with Crippen molar-refractivity contribution >= 4 is 37.5 Å². The van der Waals surface area contributed by atoms with Gasteiger partial charge in [0.25, 0.3) is 5.91 Å². The third kappa shape index (κ3) is 3.91. The highest BCUT2D eigenvalue weighted by Gasteiger charge is 2.28. The first-order valence-corrected chi connectivity index (χ1v) is 9.98. The summed E-state index contributed by atoms with van der Waals surface area (Å²) >= 11 is 3.27. The first-order valence-electron chi connectivity index (χ1n) is 7.74. The Bertz CT molecular complexity index is 912. The van der Waals surface area contributed by atoms with Crippen molar-refractivity contribution in [2.24, 2.45) is 0 Å². The monoisotopic (exact) mass is 426 g/mol. The molecule has 1 aliphatic heterocycles. The summed E-state index contributed by atoms with van der Waals surface area (Å²) in [7, 11) is -3.62. The molecule has 0 spiro atoms. The van der Waals surface area contributed by atoms with Crippen LogP contribution in [0.5, 0.6) is 0 Å². The molecule has 1 heterocycles. The number of benzene rings is 2. The Morgan fingerprint density at radius 3 is 2.52 bits per heavy atom. The molecule has 25 heavy (non-hydrogen) atoms. The highest BCUT2D eigenvalue weighted by Crippen LogP contribution is 2.26. The van der Waals surface area contributed by atoms with Gasteiger partial charge >= 0.3 is 0 Å². The molecule has 1 N–H and O–H groups in total. The zero-order chi connectivity index (χ0) is 18.0. The molecule has 3 rings (SSSR count). The van der Waals surface area contributed by atoms with Crippen LogP contribution in [0.25, 0.3) is 0 Å². The number of amides is 1. The lowest BCUT2D eigenvalue weighted by molar-refractivity contribution is 0.102. The molecule has 1 fully saturated rings. The Morgan fingerprint density at radius 2 is 1.84 bits per heavy atom. The number of nitrogens with one attached hydrogen (secondary N) is 1. The summed E-state index contributed by atoms with van der Waals surface area (Å²) in [5, 5.41) is 2.57. The van der Waals surface area contributed by atoms with Crippen molar-refractivity contribution in [3.63, 3.8) is 0 Å². The average Bonchev–Trinajstić information content (AvgIpc) is 3.10. The fourth-order valence-corrected chi connectivity index (χ4v) is 4.65. The SMILES string of the molecule is O=C(Nc1cccc(F)c1)c1cc(S(=O)(=O)N2CCCC2)ccc1Br. The maximum atomic E-state index is 13.2. The number of hydrogen-bond acceptors (Lipinski definition) is 3. The molecule has 0 unspecified atom stereocenters. The van der Waals surface area contributed by atoms with Gasteiger partial charge in [-0.3, -0.25) is 4.79 Å². The zero-order valence-electron chi connectivity index (χ0n) is 13.2. The molecule has 8 heteroatoms. The maximum absolute atomic E-state index is 13.2. The van der Waals surface area contributed by atoms with Crippen molar-refractivity contribution < 1.29 is 17.6 Å². The number of nitrogens with zero attached hydrogens (tertiary/aromatic N) is 1. The fraction of sp³-hybridized carbons (Fsp3) is 0.235. The first-order chi connectivity index (χ1) is 11.9. The minimum atomic E-state index is -3.62. The number of carbonyl (C=O) groups excluding carboxylic acids is 1. The summed E-state index contributed by atoms with van der Waals surface area (Å²) in [5.41, 5.74) is 0.467. The molecule has 2 aromatic rings. The van der Waals surface area contributed by atoms with Crippen LogP contribution < -0.4 is 5.32 Å². The Labute approximate surface area is 154 Å². The molecule has 0 bridgehead atoms. The third-order valence-corrected chi connectivity index (χ3v) is 6.55. The van der Waals surface area contributed by atoms with Crippen molar-refractivity contribution in [1.82, 2.24) is 4.31 Å². The summed E-state index contributed by atoms with van der Waals surface area (Å²) in [6.45, 7) is 0.979. The van der Waals surface area contributed by atoms with Gasteiger partial charge in [-0.2, -0.15) is 4.31 Å². The molecule has 132 valence electrons. The van der Waals surface area contributed by atoms with E-state index in [0.717, 1.165) is 12.8 Å². The molecule has 0 aliphatic carbocycles. The predicted molar refractivity (Wildman–Crippen MR) is 96.5 cm³/mol. The number of rotatable bonds is 4. The summed E-state index contributed by atoms with van der Waals surface area (Å²) in [5.74, 6) is -0.988. The number of halogens is 2. The molecule has 5 nitrogen and oxygen atoms in total. The number of hydrogen-bond donors (Lipinski definition) is 1. The van der Waals surface area contributed by atoms with Crippen molar-refractivity contribution in [3.8, 4) is 0 Å². The molecular weight excluding hydrogens is 411 g/mol. The first kappa shape index (κ1) is 18.0. The van der Waals surface area contributed by atoms with E-state index in [9.17, 15) is 17.6 Å². The number of sulfonamides is 1. The van der Waals surface area contributed by atoms with E-state index in [1.165, 1.54) is 40.7 Å². The van der Waals surface area contributed by atoms with Gasteiger partial charge in [-0.25, -0.2) is 12.8 Å². The smallest absolute Gasteiger partial charge is 0.256 e. The molecule has 0 aromatic heterocycles. The van der Waals surface area contributed by atoms with Crippen molar-refractivity contribution in [2.75, 3.05) is 18.4 Å². The van der Waals surface area contributed by atoms with Gasteiger partial charge in [0.1, 0.15) is 5.82 Å². The van der Waals surface area contributed by atoms with Crippen LogP contribution in [-0.4, -0.2) is 31.7 Å². The summed E-state index contributed by atoms with van der Waals surface area (Å²) in [6.07, 6.45) is 1.67. The van der Waals surface area contributed by atoms with Gasteiger partial charge in [0.05, 0.1) is 10.5 Å². The summed E-state index contributed by atoms with van der Waals surface area (Å²) in [6, 6.07) is 9.84. The van der Waals surface area contributed by atoms with E-state index < -0.39 is 21.7 Å². The second-order valence-corrected chi connectivity index (χ2v) is 8.51. The second kappa shape index (κ2) is 7.23. The molecular formula is C17H16BrFN2O3S. The zero-order valence-corrected chi connectivity index (χ0v) is 15.6. The Hall–Kier alpha value is -1.77. The molecule has 1 amide bonds. The average molecular weight is 427 g/mol. The fourth-order valence-electron chi connectivity index (χ4n) is 2.68. The van der Waals surface area contributed by atoms with Crippen molar-refractivity contribution in [3.05, 3.63) is 58.3 Å². The van der Waals surface area contributed by atoms with Crippen LogP contribution in [-0.2, 0) is 10.0 Å². The minimum Gasteiger partial charge on any atom is -0.322 e. The van der Waals surface area contributed by atoms with Gasteiger partial charge in [0.2, 0.25) is 10.0 Å². The quantitative estimate of drug-likeness (QED) is 0.811. The van der Waals surface area contributed by atoms with Crippen LogP contribution in [0.1, 0.15) is 23.2 Å². The van der Waals surface area contributed by atoms with Crippen LogP contribution in [0.4, 0.5) is 10.1 Å². The van der Waals surface area contributed by atoms with E-state index >= 15 is 0 Å².